The number of hydrogen-bond acceptors (Lipinski definition) is 3. The largest absolute Gasteiger partial charge is 0.377 e. The topological polar surface area (TPSA) is 58.9 Å². The Balaban J connectivity index is 2.58. The second-order valence-electron chi connectivity index (χ2n) is 2.41. The number of benzene rings is 1. The molecule has 0 atom stereocenters. The monoisotopic (exact) mass is 196 g/mol. The number of nitrogens with zero attached hydrogens (tertiary/aromatic N) is 1. The number of rotatable bonds is 1. The number of nitrogens with one attached hydrogen (secondary N) is 1. The van der Waals surface area contributed by atoms with Gasteiger partial charge in [0.1, 0.15) is 0 Å². The minimum atomic E-state index is -0.519. The van der Waals surface area contributed by atoms with Crippen molar-refractivity contribution in [2.45, 2.75) is 0 Å². The fraction of sp³-hybridized carbons (Fsp3) is 0. The van der Waals surface area contributed by atoms with Crippen LogP contribution >= 0.6 is 11.6 Å². The molecule has 66 valence electrons. The molecule has 1 aromatic heterocycles. The van der Waals surface area contributed by atoms with Crippen LogP contribution in [0.15, 0.2) is 33.6 Å². The van der Waals surface area contributed by atoms with E-state index >= 15 is 0 Å². The fourth-order valence-electron chi connectivity index (χ4n) is 0.980. The molecular formula is C8H5ClN2O2. The number of H-pyrrole nitrogens is 1. The van der Waals surface area contributed by atoms with Crippen molar-refractivity contribution in [2.24, 2.45) is 0 Å². The van der Waals surface area contributed by atoms with Gasteiger partial charge in [-0.05, 0) is 12.1 Å². The second kappa shape index (κ2) is 3.06. The molecule has 0 saturated carbocycles. The molecule has 0 amide bonds. The first-order valence-electron chi connectivity index (χ1n) is 3.58. The molecule has 0 bridgehead atoms. The Kier molecular flexibility index (Phi) is 1.90. The zero-order valence-corrected chi connectivity index (χ0v) is 7.21. The minimum Gasteiger partial charge on any atom is -0.357 e. The summed E-state index contributed by atoms with van der Waals surface area (Å²) in [7, 11) is 0. The van der Waals surface area contributed by atoms with Crippen LogP contribution in [-0.4, -0.2) is 10.1 Å². The average molecular weight is 197 g/mol. The van der Waals surface area contributed by atoms with Gasteiger partial charge in [-0.3, -0.25) is 0 Å². The molecule has 0 fully saturated rings. The van der Waals surface area contributed by atoms with Crippen molar-refractivity contribution >= 4 is 11.6 Å². The first-order valence-corrected chi connectivity index (χ1v) is 3.95. The zero-order valence-electron chi connectivity index (χ0n) is 6.45. The summed E-state index contributed by atoms with van der Waals surface area (Å²) in [5, 5.41) is 2.59. The molecule has 1 aromatic carbocycles. The van der Waals surface area contributed by atoms with Crippen LogP contribution in [0.1, 0.15) is 0 Å². The molecule has 5 heteroatoms. The van der Waals surface area contributed by atoms with Crippen LogP contribution in [0, 0.1) is 0 Å². The van der Waals surface area contributed by atoms with Crippen molar-refractivity contribution in [1.82, 2.24) is 10.1 Å². The van der Waals surface area contributed by atoms with Gasteiger partial charge >= 0.3 is 5.69 Å². The van der Waals surface area contributed by atoms with Crippen molar-refractivity contribution in [2.75, 3.05) is 0 Å². The molecular weight excluding hydrogens is 192 g/mol. The first-order chi connectivity index (χ1) is 6.27. The Labute approximate surface area is 78.1 Å². The molecule has 13 heavy (non-hydrogen) atoms. The molecule has 4 nitrogen and oxygen atoms in total. The fourth-order valence-corrected chi connectivity index (χ4v) is 1.20. The van der Waals surface area contributed by atoms with E-state index in [1.54, 1.807) is 24.3 Å². The van der Waals surface area contributed by atoms with Gasteiger partial charge in [0.2, 0.25) is 0 Å². The zero-order chi connectivity index (χ0) is 9.26. The lowest BCUT2D eigenvalue weighted by Crippen LogP contribution is -1.99. The molecule has 0 unspecified atom stereocenters. The lowest BCUT2D eigenvalue weighted by molar-refractivity contribution is 0.424. The highest BCUT2D eigenvalue weighted by atomic mass is 35.5. The maximum absolute atomic E-state index is 10.7. The maximum atomic E-state index is 10.7. The van der Waals surface area contributed by atoms with E-state index in [9.17, 15) is 4.79 Å². The van der Waals surface area contributed by atoms with E-state index in [2.05, 4.69) is 10.1 Å². The van der Waals surface area contributed by atoms with Gasteiger partial charge in [-0.1, -0.05) is 23.7 Å². The van der Waals surface area contributed by atoms with Crippen molar-refractivity contribution in [1.29, 1.82) is 0 Å². The summed E-state index contributed by atoms with van der Waals surface area (Å²) in [5.41, 5.74) is 0.0810. The smallest absolute Gasteiger partial charge is 0.357 e. The summed E-state index contributed by atoms with van der Waals surface area (Å²) in [5.74, 6) is 0.204. The van der Waals surface area contributed by atoms with E-state index in [1.807, 2.05) is 0 Å². The van der Waals surface area contributed by atoms with Gasteiger partial charge in [-0.15, -0.1) is 0 Å². The number of aromatic nitrogens is 2. The minimum absolute atomic E-state index is 0.204. The van der Waals surface area contributed by atoms with Crippen molar-refractivity contribution in [3.63, 3.8) is 0 Å². The molecule has 0 aliphatic rings. The molecule has 1 N–H and O–H groups in total. The Morgan fingerprint density at radius 1 is 1.38 bits per heavy atom. The van der Waals surface area contributed by atoms with Crippen molar-refractivity contribution < 1.29 is 4.52 Å². The second-order valence-corrected chi connectivity index (χ2v) is 2.81. The number of halogens is 1. The summed E-state index contributed by atoms with van der Waals surface area (Å²) in [6, 6.07) is 7.00. The Morgan fingerprint density at radius 2 is 2.15 bits per heavy atom. The average Bonchev–Trinajstić information content (AvgIpc) is 2.53. The molecule has 0 radical (unpaired) electrons. The standard InChI is InChI=1S/C8H5ClN2O2/c9-6-4-2-1-3-5(6)7-10-8(12)11-13-7/h1-4H,(H,11,12). The van der Waals surface area contributed by atoms with Crippen molar-refractivity contribution in [3.8, 4) is 11.5 Å². The molecule has 0 saturated heterocycles. The highest BCUT2D eigenvalue weighted by molar-refractivity contribution is 6.33. The van der Waals surface area contributed by atoms with E-state index in [-0.39, 0.29) is 5.89 Å². The molecule has 1 heterocycles. The van der Waals surface area contributed by atoms with Crippen LogP contribution in [0.2, 0.25) is 5.02 Å². The van der Waals surface area contributed by atoms with Gasteiger partial charge in [0.25, 0.3) is 5.89 Å². The maximum Gasteiger partial charge on any atom is 0.377 e. The van der Waals surface area contributed by atoms with Gasteiger partial charge in [-0.25, -0.2) is 4.79 Å². The van der Waals surface area contributed by atoms with E-state index in [4.69, 9.17) is 16.1 Å². The van der Waals surface area contributed by atoms with Crippen LogP contribution in [0.4, 0.5) is 0 Å². The first kappa shape index (κ1) is 8.07. The quantitative estimate of drug-likeness (QED) is 0.755. The summed E-state index contributed by atoms with van der Waals surface area (Å²) >= 11 is 5.85. The Bertz CT molecular complexity index is 475. The van der Waals surface area contributed by atoms with E-state index in [0.717, 1.165) is 0 Å². The third-order valence-corrected chi connectivity index (χ3v) is 1.87. The SMILES string of the molecule is O=c1nc(-c2ccccc2Cl)o[nH]1. The van der Waals surface area contributed by atoms with Gasteiger partial charge < -0.3 is 4.52 Å². The normalized spacial score (nSPS) is 10.2. The highest BCUT2D eigenvalue weighted by Crippen LogP contribution is 2.24. The lowest BCUT2D eigenvalue weighted by Gasteiger charge is -1.95. The third kappa shape index (κ3) is 1.48. The lowest BCUT2D eigenvalue weighted by atomic mass is 10.2. The molecule has 0 aliphatic carbocycles. The third-order valence-electron chi connectivity index (χ3n) is 1.54. The van der Waals surface area contributed by atoms with E-state index in [0.29, 0.717) is 10.6 Å². The molecule has 0 spiro atoms. The van der Waals surface area contributed by atoms with Crippen LogP contribution in [0.3, 0.4) is 0 Å². The Hall–Kier alpha value is -1.55. The van der Waals surface area contributed by atoms with Crippen LogP contribution in [0.5, 0.6) is 0 Å². The summed E-state index contributed by atoms with van der Waals surface area (Å²) in [4.78, 5) is 14.3. The summed E-state index contributed by atoms with van der Waals surface area (Å²) in [6.07, 6.45) is 0. The summed E-state index contributed by atoms with van der Waals surface area (Å²) in [6.45, 7) is 0. The van der Waals surface area contributed by atoms with E-state index < -0.39 is 5.69 Å². The molecule has 2 aromatic rings. The molecule has 0 aliphatic heterocycles. The van der Waals surface area contributed by atoms with Crippen LogP contribution < -0.4 is 5.69 Å². The van der Waals surface area contributed by atoms with Crippen LogP contribution in [-0.2, 0) is 0 Å². The number of aromatic amines is 1. The van der Waals surface area contributed by atoms with Gasteiger partial charge in [0.15, 0.2) is 0 Å². The number of hydrogen-bond donors (Lipinski definition) is 1. The molecule has 2 rings (SSSR count). The van der Waals surface area contributed by atoms with Gasteiger partial charge in [0.05, 0.1) is 10.6 Å². The highest BCUT2D eigenvalue weighted by Gasteiger charge is 2.08. The predicted molar refractivity (Wildman–Crippen MR) is 47.6 cm³/mol. The predicted octanol–water partition coefficient (Wildman–Crippen LogP) is 1.68. The van der Waals surface area contributed by atoms with Gasteiger partial charge in [-0.2, -0.15) is 10.1 Å². The van der Waals surface area contributed by atoms with Crippen molar-refractivity contribution in [3.05, 3.63) is 39.8 Å². The Morgan fingerprint density at radius 3 is 2.77 bits per heavy atom. The van der Waals surface area contributed by atoms with Gasteiger partial charge in [0, 0.05) is 0 Å². The summed E-state index contributed by atoms with van der Waals surface area (Å²) < 4.78 is 4.80. The van der Waals surface area contributed by atoms with Crippen LogP contribution in [0.25, 0.3) is 11.5 Å². The van der Waals surface area contributed by atoms with E-state index in [1.165, 1.54) is 0 Å².